The van der Waals surface area contributed by atoms with Crippen LogP contribution in [0.1, 0.15) is 58.8 Å². The molecule has 1 unspecified atom stereocenters. The molecular formula is C11H22O2. The average molecular weight is 186 g/mol. The Balaban J connectivity index is 3.27. The molecule has 78 valence electrons. The zero-order chi connectivity index (χ0) is 10.1. The lowest BCUT2D eigenvalue weighted by atomic mass is 10.0. The smallest absolute Gasteiger partial charge is 0.161 e. The first kappa shape index (κ1) is 12.6. The molecule has 0 radical (unpaired) electrons. The zero-order valence-electron chi connectivity index (χ0n) is 8.88. The van der Waals surface area contributed by atoms with Gasteiger partial charge in [-0.2, -0.15) is 0 Å². The Morgan fingerprint density at radius 2 is 1.77 bits per heavy atom. The number of Topliss-reactive ketones (excluding diaryl/α,β-unsaturated/α-hetero) is 1. The molecule has 0 aliphatic heterocycles. The fraction of sp³-hybridized carbons (Fsp3) is 0.909. The quantitative estimate of drug-likeness (QED) is 0.592. The molecule has 0 saturated carbocycles. The first-order chi connectivity index (χ1) is 6.22. The van der Waals surface area contributed by atoms with E-state index in [4.69, 9.17) is 0 Å². The third-order valence-electron chi connectivity index (χ3n) is 2.29. The molecule has 1 N–H and O–H groups in total. The van der Waals surface area contributed by atoms with Gasteiger partial charge in [0.25, 0.3) is 0 Å². The molecule has 0 aliphatic carbocycles. The Morgan fingerprint density at radius 3 is 2.31 bits per heavy atom. The van der Waals surface area contributed by atoms with E-state index in [1.54, 1.807) is 0 Å². The van der Waals surface area contributed by atoms with E-state index in [9.17, 15) is 9.90 Å². The van der Waals surface area contributed by atoms with Crippen molar-refractivity contribution in [2.75, 3.05) is 0 Å². The molecule has 0 aromatic carbocycles. The van der Waals surface area contributed by atoms with Crippen LogP contribution in [-0.4, -0.2) is 17.0 Å². The highest BCUT2D eigenvalue weighted by molar-refractivity contribution is 5.82. The number of carbonyl (C=O) groups is 1. The van der Waals surface area contributed by atoms with E-state index in [0.717, 1.165) is 12.8 Å². The molecule has 0 fully saturated rings. The van der Waals surface area contributed by atoms with Crippen LogP contribution in [0.3, 0.4) is 0 Å². The number of aliphatic hydroxyl groups excluding tert-OH is 1. The van der Waals surface area contributed by atoms with Gasteiger partial charge >= 0.3 is 0 Å². The molecule has 13 heavy (non-hydrogen) atoms. The van der Waals surface area contributed by atoms with Crippen molar-refractivity contribution in [3.8, 4) is 0 Å². The van der Waals surface area contributed by atoms with Crippen LogP contribution in [-0.2, 0) is 4.79 Å². The van der Waals surface area contributed by atoms with E-state index in [1.807, 2.05) is 6.92 Å². The van der Waals surface area contributed by atoms with Crippen molar-refractivity contribution < 1.29 is 9.90 Å². The molecular weight excluding hydrogens is 164 g/mol. The second kappa shape index (κ2) is 8.24. The Bertz CT molecular complexity index is 132. The van der Waals surface area contributed by atoms with Gasteiger partial charge in [-0.15, -0.1) is 0 Å². The molecule has 0 rings (SSSR count). The molecule has 2 heteroatoms. The van der Waals surface area contributed by atoms with E-state index >= 15 is 0 Å². The van der Waals surface area contributed by atoms with Crippen LogP contribution < -0.4 is 0 Å². The molecule has 0 aromatic heterocycles. The van der Waals surface area contributed by atoms with Crippen LogP contribution in [0, 0.1) is 0 Å². The van der Waals surface area contributed by atoms with Crippen LogP contribution in [0.2, 0.25) is 0 Å². The maximum absolute atomic E-state index is 11.2. The number of ketones is 1. The van der Waals surface area contributed by atoms with Gasteiger partial charge in [0.2, 0.25) is 0 Å². The molecule has 0 amide bonds. The Hall–Kier alpha value is -0.370. The minimum Gasteiger partial charge on any atom is -0.385 e. The van der Waals surface area contributed by atoms with Crippen LogP contribution in [0.5, 0.6) is 0 Å². The fourth-order valence-corrected chi connectivity index (χ4v) is 1.30. The maximum atomic E-state index is 11.2. The Morgan fingerprint density at radius 1 is 1.15 bits per heavy atom. The van der Waals surface area contributed by atoms with Crippen LogP contribution in [0.4, 0.5) is 0 Å². The van der Waals surface area contributed by atoms with Crippen molar-refractivity contribution in [2.24, 2.45) is 0 Å². The summed E-state index contributed by atoms with van der Waals surface area (Å²) >= 11 is 0. The summed E-state index contributed by atoms with van der Waals surface area (Å²) in [5.74, 6) is 0.0130. The first-order valence-electron chi connectivity index (χ1n) is 5.43. The highest BCUT2D eigenvalue weighted by Crippen LogP contribution is 2.07. The minimum absolute atomic E-state index is 0.0130. The summed E-state index contributed by atoms with van der Waals surface area (Å²) in [6, 6.07) is 0. The summed E-state index contributed by atoms with van der Waals surface area (Å²) in [4.78, 5) is 11.2. The number of hydrogen-bond acceptors (Lipinski definition) is 2. The van der Waals surface area contributed by atoms with Gasteiger partial charge in [0.05, 0.1) is 0 Å². The predicted molar refractivity (Wildman–Crippen MR) is 54.7 cm³/mol. The predicted octanol–water partition coefficient (Wildman–Crippen LogP) is 2.69. The highest BCUT2D eigenvalue weighted by atomic mass is 16.3. The van der Waals surface area contributed by atoms with Crippen molar-refractivity contribution in [1.29, 1.82) is 0 Å². The maximum Gasteiger partial charge on any atom is 0.161 e. The van der Waals surface area contributed by atoms with Crippen molar-refractivity contribution in [3.05, 3.63) is 0 Å². The largest absolute Gasteiger partial charge is 0.385 e. The van der Waals surface area contributed by atoms with Crippen molar-refractivity contribution >= 4 is 5.78 Å². The lowest BCUT2D eigenvalue weighted by Crippen LogP contribution is -2.18. The molecule has 0 saturated heterocycles. The van der Waals surface area contributed by atoms with Gasteiger partial charge in [-0.05, 0) is 12.8 Å². The van der Waals surface area contributed by atoms with Crippen LogP contribution in [0.15, 0.2) is 0 Å². The lowest BCUT2D eigenvalue weighted by molar-refractivity contribution is -0.127. The van der Waals surface area contributed by atoms with E-state index in [-0.39, 0.29) is 5.78 Å². The SMILES string of the molecule is CCCCCCCC(=O)C(O)CC. The summed E-state index contributed by atoms with van der Waals surface area (Å²) in [6.07, 6.45) is 6.15. The summed E-state index contributed by atoms with van der Waals surface area (Å²) in [6.45, 7) is 4.01. The number of hydrogen-bond donors (Lipinski definition) is 1. The van der Waals surface area contributed by atoms with E-state index in [1.165, 1.54) is 19.3 Å². The summed E-state index contributed by atoms with van der Waals surface area (Å²) in [5, 5.41) is 9.18. The summed E-state index contributed by atoms with van der Waals surface area (Å²) in [5.41, 5.74) is 0. The van der Waals surface area contributed by atoms with Gasteiger partial charge in [0.1, 0.15) is 6.10 Å². The number of aliphatic hydroxyl groups is 1. The molecule has 0 spiro atoms. The molecule has 0 aliphatic rings. The topological polar surface area (TPSA) is 37.3 Å². The van der Waals surface area contributed by atoms with Gasteiger partial charge in [-0.1, -0.05) is 39.5 Å². The van der Waals surface area contributed by atoms with Crippen LogP contribution in [0.25, 0.3) is 0 Å². The number of carbonyl (C=O) groups excluding carboxylic acids is 1. The average Bonchev–Trinajstić information content (AvgIpc) is 2.16. The third-order valence-corrected chi connectivity index (χ3v) is 2.29. The zero-order valence-corrected chi connectivity index (χ0v) is 8.88. The molecule has 0 bridgehead atoms. The van der Waals surface area contributed by atoms with E-state index in [0.29, 0.717) is 12.8 Å². The fourth-order valence-electron chi connectivity index (χ4n) is 1.30. The van der Waals surface area contributed by atoms with Gasteiger partial charge in [-0.25, -0.2) is 0 Å². The van der Waals surface area contributed by atoms with Crippen molar-refractivity contribution in [2.45, 2.75) is 64.9 Å². The number of rotatable bonds is 8. The molecule has 2 nitrogen and oxygen atoms in total. The molecule has 0 heterocycles. The lowest BCUT2D eigenvalue weighted by Gasteiger charge is -2.05. The second-order valence-corrected chi connectivity index (χ2v) is 3.55. The Labute approximate surface area is 81.3 Å². The van der Waals surface area contributed by atoms with E-state index < -0.39 is 6.10 Å². The van der Waals surface area contributed by atoms with Gasteiger partial charge in [0.15, 0.2) is 5.78 Å². The first-order valence-corrected chi connectivity index (χ1v) is 5.43. The van der Waals surface area contributed by atoms with E-state index in [2.05, 4.69) is 6.92 Å². The number of unbranched alkanes of at least 4 members (excludes halogenated alkanes) is 4. The third kappa shape index (κ3) is 6.76. The van der Waals surface area contributed by atoms with Gasteiger partial charge in [0, 0.05) is 6.42 Å². The standard InChI is InChI=1S/C11H22O2/c1-3-5-6-7-8-9-11(13)10(12)4-2/h10,12H,3-9H2,1-2H3. The van der Waals surface area contributed by atoms with Gasteiger partial charge in [-0.3, -0.25) is 4.79 Å². The summed E-state index contributed by atoms with van der Waals surface area (Å²) < 4.78 is 0. The Kier molecular flexibility index (Phi) is 8.00. The second-order valence-electron chi connectivity index (χ2n) is 3.55. The molecule has 0 aromatic rings. The minimum atomic E-state index is -0.717. The van der Waals surface area contributed by atoms with Crippen molar-refractivity contribution in [3.63, 3.8) is 0 Å². The highest BCUT2D eigenvalue weighted by Gasteiger charge is 2.10. The monoisotopic (exact) mass is 186 g/mol. The van der Waals surface area contributed by atoms with Gasteiger partial charge < -0.3 is 5.11 Å². The summed E-state index contributed by atoms with van der Waals surface area (Å²) in [7, 11) is 0. The van der Waals surface area contributed by atoms with Crippen LogP contribution >= 0.6 is 0 Å². The molecule has 1 atom stereocenters. The van der Waals surface area contributed by atoms with Crippen molar-refractivity contribution in [1.82, 2.24) is 0 Å². The normalized spacial score (nSPS) is 12.8.